The Kier molecular flexibility index (Phi) is 6.09. The fraction of sp³-hybridized carbons (Fsp3) is 0.273. The number of unbranched alkanes of at least 4 members (excludes halogenated alkanes) is 1. The summed E-state index contributed by atoms with van der Waals surface area (Å²) in [7, 11) is 0.160. The van der Waals surface area contributed by atoms with Gasteiger partial charge in [-0.25, -0.2) is 8.42 Å². The Labute approximate surface area is 167 Å². The average molecular weight is 399 g/mol. The van der Waals surface area contributed by atoms with Crippen LogP contribution in [-0.4, -0.2) is 29.1 Å². The smallest absolute Gasteiger partial charge is 0.262 e. The maximum atomic E-state index is 13.0. The Bertz CT molecular complexity index is 1050. The highest BCUT2D eigenvalue weighted by Crippen LogP contribution is 2.31. The third-order valence-electron chi connectivity index (χ3n) is 4.50. The van der Waals surface area contributed by atoms with E-state index in [1.165, 1.54) is 0 Å². The van der Waals surface area contributed by atoms with E-state index in [2.05, 4.69) is 11.6 Å². The Morgan fingerprint density at radius 3 is 2.29 bits per heavy atom. The number of ether oxygens (including phenoxy) is 1. The van der Waals surface area contributed by atoms with Crippen LogP contribution in [0.25, 0.3) is 10.8 Å². The van der Waals surface area contributed by atoms with Gasteiger partial charge < -0.3 is 9.64 Å². The number of benzene rings is 3. The second-order valence-electron chi connectivity index (χ2n) is 6.85. The molecule has 3 rings (SSSR count). The zero-order chi connectivity index (χ0) is 20.1. The molecule has 0 spiro atoms. The van der Waals surface area contributed by atoms with E-state index in [-0.39, 0.29) is 4.90 Å². The first-order valence-corrected chi connectivity index (χ1v) is 10.9. The predicted octanol–water partition coefficient (Wildman–Crippen LogP) is 4.89. The summed E-state index contributed by atoms with van der Waals surface area (Å²) in [6.45, 7) is 2.77. The zero-order valence-corrected chi connectivity index (χ0v) is 17.3. The summed E-state index contributed by atoms with van der Waals surface area (Å²) in [5.41, 5.74) is 1.48. The molecule has 6 heteroatoms. The maximum absolute atomic E-state index is 13.0. The maximum Gasteiger partial charge on any atom is 0.262 e. The minimum Gasteiger partial charge on any atom is -0.494 e. The molecule has 0 aliphatic heterocycles. The Hall–Kier alpha value is -2.73. The number of fused-ring (bicyclic) bond motifs is 1. The summed E-state index contributed by atoms with van der Waals surface area (Å²) in [5.74, 6) is 0.734. The highest BCUT2D eigenvalue weighted by atomic mass is 32.2. The van der Waals surface area contributed by atoms with Crippen LogP contribution in [0.2, 0.25) is 0 Å². The molecule has 1 N–H and O–H groups in total. The first-order valence-electron chi connectivity index (χ1n) is 9.37. The van der Waals surface area contributed by atoms with Gasteiger partial charge in [-0.3, -0.25) is 4.72 Å². The van der Waals surface area contributed by atoms with Crippen molar-refractivity contribution in [1.82, 2.24) is 0 Å². The lowest BCUT2D eigenvalue weighted by atomic mass is 10.1. The van der Waals surface area contributed by atoms with Gasteiger partial charge in [0.1, 0.15) is 5.75 Å². The van der Waals surface area contributed by atoms with Crippen molar-refractivity contribution in [2.24, 2.45) is 0 Å². The lowest BCUT2D eigenvalue weighted by molar-refractivity contribution is 0.309. The summed E-state index contributed by atoms with van der Waals surface area (Å²) in [4.78, 5) is 2.24. The van der Waals surface area contributed by atoms with Crippen LogP contribution < -0.4 is 14.4 Å². The molecule has 0 unspecified atom stereocenters. The van der Waals surface area contributed by atoms with Gasteiger partial charge in [0, 0.05) is 36.2 Å². The predicted molar refractivity (Wildman–Crippen MR) is 116 cm³/mol. The molecule has 0 heterocycles. The molecule has 0 fully saturated rings. The number of sulfonamides is 1. The lowest BCUT2D eigenvalue weighted by Gasteiger charge is -2.17. The molecule has 3 aromatic rings. The normalized spacial score (nSPS) is 11.4. The molecule has 28 heavy (non-hydrogen) atoms. The van der Waals surface area contributed by atoms with Gasteiger partial charge >= 0.3 is 0 Å². The Morgan fingerprint density at radius 2 is 1.61 bits per heavy atom. The van der Waals surface area contributed by atoms with Gasteiger partial charge in [0.2, 0.25) is 0 Å². The summed E-state index contributed by atoms with van der Waals surface area (Å²) in [5, 5.41) is 1.59. The number of anilines is 2. The largest absolute Gasteiger partial charge is 0.494 e. The number of nitrogens with zero attached hydrogens (tertiary/aromatic N) is 1. The third-order valence-corrected chi connectivity index (χ3v) is 5.94. The molecule has 148 valence electrons. The molecule has 3 aromatic carbocycles. The molecule has 0 aliphatic carbocycles. The Morgan fingerprint density at radius 1 is 0.929 bits per heavy atom. The molecule has 0 saturated heterocycles. The van der Waals surface area contributed by atoms with Crippen molar-refractivity contribution in [3.8, 4) is 5.75 Å². The molecule has 0 amide bonds. The van der Waals surface area contributed by atoms with Crippen molar-refractivity contribution in [3.63, 3.8) is 0 Å². The van der Waals surface area contributed by atoms with Crippen LogP contribution in [0.3, 0.4) is 0 Å². The number of hydrogen-bond acceptors (Lipinski definition) is 4. The molecule has 0 bridgehead atoms. The number of hydrogen-bond donors (Lipinski definition) is 1. The van der Waals surface area contributed by atoms with E-state index in [9.17, 15) is 8.42 Å². The van der Waals surface area contributed by atoms with Crippen molar-refractivity contribution in [3.05, 3.63) is 60.7 Å². The van der Waals surface area contributed by atoms with Gasteiger partial charge in [0.25, 0.3) is 10.0 Å². The first-order chi connectivity index (χ1) is 13.4. The highest BCUT2D eigenvalue weighted by molar-refractivity contribution is 7.93. The van der Waals surface area contributed by atoms with Gasteiger partial charge in [-0.05, 0) is 42.8 Å². The number of rotatable bonds is 8. The van der Waals surface area contributed by atoms with Crippen LogP contribution in [0.5, 0.6) is 5.75 Å². The molecule has 0 saturated carbocycles. The van der Waals surface area contributed by atoms with Gasteiger partial charge in [-0.2, -0.15) is 0 Å². The van der Waals surface area contributed by atoms with Gasteiger partial charge in [0.15, 0.2) is 0 Å². The molecule has 0 radical (unpaired) electrons. The molecule has 0 atom stereocenters. The van der Waals surface area contributed by atoms with Crippen LogP contribution in [0.4, 0.5) is 11.4 Å². The van der Waals surface area contributed by atoms with Gasteiger partial charge in [-0.15, -0.1) is 0 Å². The number of nitrogens with one attached hydrogen (secondary N) is 1. The van der Waals surface area contributed by atoms with Gasteiger partial charge in [0.05, 0.1) is 11.5 Å². The SMILES string of the molecule is CCCCOc1ccc(NS(=O)(=O)c2cccc3c(N(C)C)cccc23)cc1. The summed E-state index contributed by atoms with van der Waals surface area (Å²) >= 11 is 0. The topological polar surface area (TPSA) is 58.6 Å². The minimum absolute atomic E-state index is 0.261. The van der Waals surface area contributed by atoms with E-state index in [4.69, 9.17) is 4.74 Å². The molecule has 5 nitrogen and oxygen atoms in total. The summed E-state index contributed by atoms with van der Waals surface area (Å²) in [6, 6.07) is 18.0. The van der Waals surface area contributed by atoms with E-state index in [1.54, 1.807) is 36.4 Å². The fourth-order valence-electron chi connectivity index (χ4n) is 3.05. The summed E-state index contributed by atoms with van der Waals surface area (Å²) < 4.78 is 34.4. The van der Waals surface area contributed by atoms with Crippen LogP contribution in [0.1, 0.15) is 19.8 Å². The van der Waals surface area contributed by atoms with Crippen molar-refractivity contribution in [2.45, 2.75) is 24.7 Å². The van der Waals surface area contributed by atoms with E-state index >= 15 is 0 Å². The second-order valence-corrected chi connectivity index (χ2v) is 8.51. The van der Waals surface area contributed by atoms with E-state index in [0.29, 0.717) is 17.7 Å². The van der Waals surface area contributed by atoms with E-state index in [1.807, 2.05) is 43.3 Å². The van der Waals surface area contributed by atoms with Crippen molar-refractivity contribution < 1.29 is 13.2 Å². The highest BCUT2D eigenvalue weighted by Gasteiger charge is 2.18. The second kappa shape index (κ2) is 8.52. The molecular formula is C22H26N2O3S. The first kappa shape index (κ1) is 20.0. The lowest BCUT2D eigenvalue weighted by Crippen LogP contribution is -2.14. The van der Waals surface area contributed by atoms with E-state index in [0.717, 1.165) is 29.7 Å². The molecule has 0 aromatic heterocycles. The van der Waals surface area contributed by atoms with Crippen molar-refractivity contribution in [1.29, 1.82) is 0 Å². The zero-order valence-electron chi connectivity index (χ0n) is 16.5. The van der Waals surface area contributed by atoms with Crippen LogP contribution in [-0.2, 0) is 10.0 Å². The minimum atomic E-state index is -3.73. The summed E-state index contributed by atoms with van der Waals surface area (Å²) in [6.07, 6.45) is 2.06. The molecule has 0 aliphatic rings. The fourth-order valence-corrected chi connectivity index (χ4v) is 4.33. The van der Waals surface area contributed by atoms with Crippen LogP contribution in [0.15, 0.2) is 65.6 Å². The molecular weight excluding hydrogens is 372 g/mol. The Balaban J connectivity index is 1.88. The van der Waals surface area contributed by atoms with Crippen LogP contribution >= 0.6 is 0 Å². The quantitative estimate of drug-likeness (QED) is 0.549. The third kappa shape index (κ3) is 4.39. The van der Waals surface area contributed by atoms with Crippen LogP contribution in [0, 0.1) is 0 Å². The van der Waals surface area contributed by atoms with Crippen molar-refractivity contribution in [2.75, 3.05) is 30.3 Å². The van der Waals surface area contributed by atoms with Gasteiger partial charge in [-0.1, -0.05) is 37.6 Å². The average Bonchev–Trinajstić information content (AvgIpc) is 2.68. The van der Waals surface area contributed by atoms with Crippen molar-refractivity contribution >= 4 is 32.2 Å². The monoisotopic (exact) mass is 398 g/mol. The standard InChI is InChI=1S/C22H26N2O3S/c1-4-5-16-27-18-14-12-17(13-15-18)23-28(25,26)22-11-7-8-19-20(22)9-6-10-21(19)24(2)3/h6-15,23H,4-5,16H2,1-3H3. The van der Waals surface area contributed by atoms with E-state index < -0.39 is 10.0 Å².